The molecule has 15 heteroatoms. The molecule has 1 aliphatic carbocycles. The molecule has 1 aliphatic rings. The number of thioether (sulfide) groups is 2. The smallest absolute Gasteiger partial charge is 0.327 e. The second-order valence-corrected chi connectivity index (χ2v) is 11.8. The summed E-state index contributed by atoms with van der Waals surface area (Å²) < 4.78 is 0. The molecular formula is C26H32N6O7S2. The van der Waals surface area contributed by atoms with Gasteiger partial charge in [0, 0.05) is 55.8 Å². The summed E-state index contributed by atoms with van der Waals surface area (Å²) in [5.74, 6) is -4.16. The van der Waals surface area contributed by atoms with Crippen molar-refractivity contribution in [1.29, 1.82) is 0 Å². The maximum atomic E-state index is 14.2. The average molecular weight is 605 g/mol. The largest absolute Gasteiger partial charge is 0.480 e. The first-order valence-corrected chi connectivity index (χ1v) is 15.0. The number of carboxylic acid groups (broad SMARTS) is 2. The molecule has 4 unspecified atom stereocenters. The Hall–Kier alpha value is -3.59. The zero-order valence-corrected chi connectivity index (χ0v) is 24.1. The first-order chi connectivity index (χ1) is 19.6. The van der Waals surface area contributed by atoms with E-state index in [9.17, 15) is 34.2 Å². The molecule has 0 spiro atoms. The van der Waals surface area contributed by atoms with Crippen LogP contribution in [-0.4, -0.2) is 83.3 Å². The predicted octanol–water partition coefficient (Wildman–Crippen LogP) is 1.68. The highest BCUT2D eigenvalue weighted by Crippen LogP contribution is 2.48. The molecule has 1 saturated carbocycles. The number of carbonyl (C=O) groups is 5. The van der Waals surface area contributed by atoms with E-state index in [0.717, 1.165) is 0 Å². The second-order valence-electron chi connectivity index (χ2n) is 9.48. The van der Waals surface area contributed by atoms with Crippen LogP contribution in [-0.2, 0) is 24.0 Å². The van der Waals surface area contributed by atoms with Crippen molar-refractivity contribution < 1.29 is 34.2 Å². The summed E-state index contributed by atoms with van der Waals surface area (Å²) in [5.41, 5.74) is 0.563. The molecule has 220 valence electrons. The molecule has 0 radical (unpaired) electrons. The van der Waals surface area contributed by atoms with Gasteiger partial charge in [-0.25, -0.2) is 29.5 Å². The van der Waals surface area contributed by atoms with Gasteiger partial charge in [0.2, 0.25) is 11.8 Å². The van der Waals surface area contributed by atoms with E-state index in [1.54, 1.807) is 30.7 Å². The molecule has 2 amide bonds. The van der Waals surface area contributed by atoms with Gasteiger partial charge in [0.1, 0.15) is 30.0 Å². The van der Waals surface area contributed by atoms with Gasteiger partial charge in [0.05, 0.1) is 16.2 Å². The van der Waals surface area contributed by atoms with Gasteiger partial charge in [-0.15, -0.1) is 23.5 Å². The van der Waals surface area contributed by atoms with Gasteiger partial charge in [0.15, 0.2) is 0 Å². The number of aliphatic carboxylic acids is 2. The number of nitrogens with zero attached hydrogens (tertiary/aromatic N) is 4. The fraction of sp³-hybridized carbons (Fsp3) is 0.500. The van der Waals surface area contributed by atoms with Gasteiger partial charge in [0.25, 0.3) is 0 Å². The van der Waals surface area contributed by atoms with Gasteiger partial charge in [-0.1, -0.05) is 6.42 Å². The van der Waals surface area contributed by atoms with Gasteiger partial charge < -0.3 is 20.8 Å². The lowest BCUT2D eigenvalue weighted by Crippen LogP contribution is -2.42. The molecule has 2 aromatic heterocycles. The van der Waals surface area contributed by atoms with Crippen molar-refractivity contribution in [2.24, 2.45) is 11.8 Å². The molecule has 41 heavy (non-hydrogen) atoms. The molecule has 13 nitrogen and oxygen atoms in total. The summed E-state index contributed by atoms with van der Waals surface area (Å²) in [6.45, 7) is 2.47. The first kappa shape index (κ1) is 31.9. The molecule has 0 saturated heterocycles. The Morgan fingerprint density at radius 1 is 0.878 bits per heavy atom. The van der Waals surface area contributed by atoms with Gasteiger partial charge in [-0.05, 0) is 25.0 Å². The van der Waals surface area contributed by atoms with Gasteiger partial charge in [-0.2, -0.15) is 0 Å². The Bertz CT molecular complexity index is 1130. The number of ketones is 1. The summed E-state index contributed by atoms with van der Waals surface area (Å²) in [7, 11) is 0. The number of aromatic nitrogens is 4. The Balaban J connectivity index is 1.90. The fourth-order valence-corrected chi connectivity index (χ4v) is 7.50. The van der Waals surface area contributed by atoms with Crippen LogP contribution in [0.1, 0.15) is 55.1 Å². The fourth-order valence-electron chi connectivity index (χ4n) is 4.66. The first-order valence-electron chi connectivity index (χ1n) is 12.9. The molecule has 6 atom stereocenters. The summed E-state index contributed by atoms with van der Waals surface area (Å²) in [6, 6.07) is 1.01. The van der Waals surface area contributed by atoms with Crippen molar-refractivity contribution in [2.75, 3.05) is 11.5 Å². The van der Waals surface area contributed by atoms with E-state index in [4.69, 9.17) is 0 Å². The SMILES string of the molecule is CC(=O)N[C@@H](CSC(c1ccncn1)C1CCCC(C(SC[C@H](NC(C)=O)C(=O)O)c2ncccn2)C1=O)C(=O)O. The molecule has 2 heterocycles. The second kappa shape index (κ2) is 15.4. The topological polar surface area (TPSA) is 201 Å². The lowest BCUT2D eigenvalue weighted by atomic mass is 9.76. The van der Waals surface area contributed by atoms with Crippen LogP contribution in [0.15, 0.2) is 37.1 Å². The van der Waals surface area contributed by atoms with Crippen LogP contribution < -0.4 is 10.6 Å². The maximum Gasteiger partial charge on any atom is 0.327 e. The van der Waals surface area contributed by atoms with Crippen molar-refractivity contribution in [3.05, 3.63) is 48.6 Å². The molecule has 0 bridgehead atoms. The van der Waals surface area contributed by atoms with Crippen LogP contribution in [0.4, 0.5) is 0 Å². The van der Waals surface area contributed by atoms with Crippen LogP contribution >= 0.6 is 23.5 Å². The van der Waals surface area contributed by atoms with Crippen molar-refractivity contribution >= 4 is 53.1 Å². The van der Waals surface area contributed by atoms with E-state index in [2.05, 4.69) is 30.6 Å². The summed E-state index contributed by atoms with van der Waals surface area (Å²) >= 11 is 2.43. The third-order valence-electron chi connectivity index (χ3n) is 6.46. The Morgan fingerprint density at radius 3 is 1.90 bits per heavy atom. The molecule has 0 aromatic carbocycles. The Labute approximate surface area is 245 Å². The number of hydrogen-bond acceptors (Lipinski definition) is 11. The average Bonchev–Trinajstić information content (AvgIpc) is 2.94. The highest BCUT2D eigenvalue weighted by atomic mass is 32.2. The van der Waals surface area contributed by atoms with E-state index >= 15 is 0 Å². The van der Waals surface area contributed by atoms with Crippen molar-refractivity contribution in [3.63, 3.8) is 0 Å². The minimum Gasteiger partial charge on any atom is -0.480 e. The number of amides is 2. The van der Waals surface area contributed by atoms with Crippen molar-refractivity contribution in [2.45, 2.75) is 55.7 Å². The van der Waals surface area contributed by atoms with Gasteiger partial charge in [-0.3, -0.25) is 14.4 Å². The number of nitrogens with one attached hydrogen (secondary N) is 2. The van der Waals surface area contributed by atoms with Crippen LogP contribution in [0, 0.1) is 11.8 Å². The Morgan fingerprint density at radius 2 is 1.41 bits per heavy atom. The lowest BCUT2D eigenvalue weighted by Gasteiger charge is -2.36. The van der Waals surface area contributed by atoms with Crippen LogP contribution in [0.2, 0.25) is 0 Å². The van der Waals surface area contributed by atoms with E-state index in [1.807, 2.05) is 0 Å². The molecule has 3 rings (SSSR count). The molecule has 1 fully saturated rings. The van der Waals surface area contributed by atoms with Gasteiger partial charge >= 0.3 is 11.9 Å². The van der Waals surface area contributed by atoms with Crippen molar-refractivity contribution in [3.8, 4) is 0 Å². The van der Waals surface area contributed by atoms with Crippen LogP contribution in [0.5, 0.6) is 0 Å². The third-order valence-corrected chi connectivity index (χ3v) is 9.34. The van der Waals surface area contributed by atoms with E-state index in [0.29, 0.717) is 30.8 Å². The molecular weight excluding hydrogens is 572 g/mol. The summed E-state index contributed by atoms with van der Waals surface area (Å²) in [5, 5.41) is 22.9. The van der Waals surface area contributed by atoms with Crippen molar-refractivity contribution in [1.82, 2.24) is 30.6 Å². The van der Waals surface area contributed by atoms with E-state index < -0.39 is 58.2 Å². The Kier molecular flexibility index (Phi) is 12.0. The lowest BCUT2D eigenvalue weighted by molar-refractivity contribution is -0.141. The molecule has 0 aliphatic heterocycles. The minimum atomic E-state index is -1.19. The number of carboxylic acids is 2. The normalized spacial score (nSPS) is 19.8. The number of carbonyl (C=O) groups excluding carboxylic acids is 3. The van der Waals surface area contributed by atoms with E-state index in [-0.39, 0.29) is 17.3 Å². The molecule has 2 aromatic rings. The van der Waals surface area contributed by atoms with E-state index in [1.165, 1.54) is 43.7 Å². The monoisotopic (exact) mass is 604 g/mol. The third kappa shape index (κ3) is 9.21. The highest BCUT2D eigenvalue weighted by molar-refractivity contribution is 7.99. The quantitative estimate of drug-likeness (QED) is 0.243. The maximum absolute atomic E-state index is 14.2. The summed E-state index contributed by atoms with van der Waals surface area (Å²) in [6.07, 6.45) is 7.75. The predicted molar refractivity (Wildman–Crippen MR) is 151 cm³/mol. The molecule has 4 N–H and O–H groups in total. The van der Waals surface area contributed by atoms with Crippen LogP contribution in [0.3, 0.4) is 0 Å². The summed E-state index contributed by atoms with van der Waals surface area (Å²) in [4.78, 5) is 77.8. The number of hydrogen-bond donors (Lipinski definition) is 4. The zero-order valence-electron chi connectivity index (χ0n) is 22.5. The minimum absolute atomic E-state index is 0.00657. The van der Waals surface area contributed by atoms with Crippen LogP contribution in [0.25, 0.3) is 0 Å². The highest BCUT2D eigenvalue weighted by Gasteiger charge is 2.43. The zero-order chi connectivity index (χ0) is 29.9. The number of Topliss-reactive ketones (excluding diaryl/α,β-unsaturated/α-hetero) is 1. The standard InChI is InChI=1S/C26H32N6O7S2/c1-14(33)31-19(25(36)37)11-40-22(18-7-10-27-13-30-18)16-5-3-6-17(21(16)35)23(24-28-8-4-9-29-24)41-12-20(26(38)39)32-15(2)34/h4,7-10,13,16-17,19-20,22-23H,3,5-6,11-12H2,1-2H3,(H,31,33)(H,32,34)(H,36,37)(H,38,39)/t16?,17?,19-,20-,22?,23?/m0/s1. The number of rotatable bonds is 14.